The zero-order chi connectivity index (χ0) is 25.7. The van der Waals surface area contributed by atoms with E-state index in [0.717, 1.165) is 22.1 Å². The largest absolute Gasteiger partial charge is 0.487 e. The van der Waals surface area contributed by atoms with Crippen molar-refractivity contribution < 1.29 is 22.7 Å². The number of carbonyl (C=O) groups is 1. The summed E-state index contributed by atoms with van der Waals surface area (Å²) in [6.07, 6.45) is 2.16. The third-order valence-electron chi connectivity index (χ3n) is 5.54. The Morgan fingerprint density at radius 3 is 2.61 bits per heavy atom. The van der Waals surface area contributed by atoms with Crippen molar-refractivity contribution in [1.82, 2.24) is 20.3 Å². The van der Waals surface area contributed by atoms with Gasteiger partial charge in [-0.25, -0.2) is 4.98 Å². The minimum absolute atomic E-state index is 0.261. The topological polar surface area (TPSA) is 91.9 Å². The molecule has 3 N–H and O–H groups in total. The maximum Gasteiger partial charge on any atom is 0.405 e. The summed E-state index contributed by atoms with van der Waals surface area (Å²) in [5.74, 6) is -0.386. The number of benzene rings is 1. The number of nitrogens with zero attached hydrogens (tertiary/aromatic N) is 2. The number of H-pyrrole nitrogens is 1. The molecule has 1 aromatic carbocycles. The highest BCUT2D eigenvalue weighted by Crippen LogP contribution is 2.31. The molecule has 1 amide bonds. The van der Waals surface area contributed by atoms with Gasteiger partial charge in [0.2, 0.25) is 5.91 Å². The quantitative estimate of drug-likeness (QED) is 0.291. The number of nitrogens with one attached hydrogen (secondary N) is 3. The van der Waals surface area contributed by atoms with Crippen LogP contribution in [0.4, 0.5) is 18.9 Å². The van der Waals surface area contributed by atoms with Gasteiger partial charge in [0.05, 0.1) is 11.9 Å². The monoisotopic (exact) mass is 497 g/mol. The van der Waals surface area contributed by atoms with E-state index in [1.807, 2.05) is 41.7 Å². The van der Waals surface area contributed by atoms with Gasteiger partial charge in [-0.15, -0.1) is 0 Å². The molecule has 0 aliphatic heterocycles. The minimum Gasteiger partial charge on any atom is -0.487 e. The van der Waals surface area contributed by atoms with E-state index in [1.165, 1.54) is 6.20 Å². The number of carbonyl (C=O) groups excluding carboxylic acids is 1. The molecule has 0 saturated carbocycles. The smallest absolute Gasteiger partial charge is 0.405 e. The Labute approximate surface area is 206 Å². The summed E-state index contributed by atoms with van der Waals surface area (Å²) in [5, 5.41) is 5.79. The van der Waals surface area contributed by atoms with Crippen LogP contribution in [-0.4, -0.2) is 39.6 Å². The summed E-state index contributed by atoms with van der Waals surface area (Å²) in [4.78, 5) is 24.2. The predicted octanol–water partition coefficient (Wildman–Crippen LogP) is 5.32. The lowest BCUT2D eigenvalue weighted by Crippen LogP contribution is -2.46. The second-order valence-corrected chi connectivity index (χ2v) is 8.71. The lowest BCUT2D eigenvalue weighted by Gasteiger charge is -2.23. The van der Waals surface area contributed by atoms with Crippen LogP contribution in [0.2, 0.25) is 0 Å². The number of hydrogen-bond acceptors (Lipinski definition) is 5. The molecule has 0 spiro atoms. The standard InChI is InChI=1S/C26H26F3N5O2/c1-16(2)23(25(35)33-15-26(27,28)29)34-19-8-18(10-30-11-19)22-13-32-24-21(22)9-20(12-31-24)36-14-17-6-4-3-5-7-17/h3-13,16,23,34H,14-15H2,1-2H3,(H,31,32)(H,33,35)/t23-/m0/s1. The van der Waals surface area contributed by atoms with Crippen LogP contribution in [0, 0.1) is 5.92 Å². The molecule has 0 radical (unpaired) electrons. The van der Waals surface area contributed by atoms with Crippen molar-refractivity contribution in [2.24, 2.45) is 5.92 Å². The van der Waals surface area contributed by atoms with E-state index in [0.29, 0.717) is 23.7 Å². The average Bonchev–Trinajstić information content (AvgIpc) is 3.28. The van der Waals surface area contributed by atoms with Crippen LogP contribution in [-0.2, 0) is 11.4 Å². The Morgan fingerprint density at radius 2 is 1.89 bits per heavy atom. The van der Waals surface area contributed by atoms with Gasteiger partial charge in [-0.1, -0.05) is 44.2 Å². The molecule has 7 nitrogen and oxygen atoms in total. The van der Waals surface area contributed by atoms with Crippen LogP contribution < -0.4 is 15.4 Å². The molecule has 1 atom stereocenters. The van der Waals surface area contributed by atoms with Crippen LogP contribution in [0.1, 0.15) is 19.4 Å². The van der Waals surface area contributed by atoms with Crippen molar-refractivity contribution in [3.63, 3.8) is 0 Å². The number of ether oxygens (including phenoxy) is 1. The number of anilines is 1. The molecule has 188 valence electrons. The first kappa shape index (κ1) is 25.0. The van der Waals surface area contributed by atoms with Crippen molar-refractivity contribution >= 4 is 22.6 Å². The molecule has 0 bridgehead atoms. The molecule has 0 fully saturated rings. The Hall–Kier alpha value is -4.08. The number of halogens is 3. The fourth-order valence-electron chi connectivity index (χ4n) is 3.72. The van der Waals surface area contributed by atoms with Crippen molar-refractivity contribution in [3.8, 4) is 16.9 Å². The molecule has 0 unspecified atom stereocenters. The molecule has 4 rings (SSSR count). The van der Waals surface area contributed by atoms with Crippen LogP contribution in [0.5, 0.6) is 5.75 Å². The van der Waals surface area contributed by atoms with Gasteiger partial charge in [0, 0.05) is 35.1 Å². The van der Waals surface area contributed by atoms with Crippen molar-refractivity contribution in [3.05, 3.63) is 72.8 Å². The first-order chi connectivity index (χ1) is 17.2. The van der Waals surface area contributed by atoms with E-state index >= 15 is 0 Å². The van der Waals surface area contributed by atoms with E-state index in [4.69, 9.17) is 4.74 Å². The number of hydrogen-bond donors (Lipinski definition) is 3. The highest BCUT2D eigenvalue weighted by molar-refractivity contribution is 5.94. The van der Waals surface area contributed by atoms with Gasteiger partial charge in [-0.2, -0.15) is 13.2 Å². The van der Waals surface area contributed by atoms with Crippen LogP contribution in [0.15, 0.2) is 67.3 Å². The molecule has 0 aliphatic rings. The molecule has 0 saturated heterocycles. The molecule has 10 heteroatoms. The summed E-state index contributed by atoms with van der Waals surface area (Å²) in [6, 6.07) is 12.6. The summed E-state index contributed by atoms with van der Waals surface area (Å²) in [7, 11) is 0. The van der Waals surface area contributed by atoms with Crippen LogP contribution in [0.3, 0.4) is 0 Å². The second-order valence-electron chi connectivity index (χ2n) is 8.71. The molecule has 36 heavy (non-hydrogen) atoms. The van der Waals surface area contributed by atoms with Crippen LogP contribution in [0.25, 0.3) is 22.2 Å². The van der Waals surface area contributed by atoms with E-state index in [2.05, 4.69) is 20.3 Å². The normalized spacial score (nSPS) is 12.5. The summed E-state index contributed by atoms with van der Waals surface area (Å²) in [5.41, 5.74) is 3.77. The molecule has 3 aromatic heterocycles. The van der Waals surface area contributed by atoms with Gasteiger partial charge in [-0.05, 0) is 23.6 Å². The van der Waals surface area contributed by atoms with E-state index in [-0.39, 0.29) is 5.92 Å². The van der Waals surface area contributed by atoms with E-state index in [9.17, 15) is 18.0 Å². The third kappa shape index (κ3) is 6.32. The predicted molar refractivity (Wildman–Crippen MR) is 131 cm³/mol. The summed E-state index contributed by atoms with van der Waals surface area (Å²) in [6.45, 7) is 2.53. The van der Waals surface area contributed by atoms with Gasteiger partial charge >= 0.3 is 6.18 Å². The summed E-state index contributed by atoms with van der Waals surface area (Å²) >= 11 is 0. The van der Waals surface area contributed by atoms with Gasteiger partial charge in [0.25, 0.3) is 0 Å². The Bertz CT molecular complexity index is 1320. The maximum atomic E-state index is 12.5. The number of aromatic amines is 1. The highest BCUT2D eigenvalue weighted by atomic mass is 19.4. The first-order valence-electron chi connectivity index (χ1n) is 11.4. The third-order valence-corrected chi connectivity index (χ3v) is 5.54. The number of rotatable bonds is 9. The number of alkyl halides is 3. The maximum absolute atomic E-state index is 12.5. The summed E-state index contributed by atoms with van der Waals surface area (Å²) < 4.78 is 43.5. The fourth-order valence-corrected chi connectivity index (χ4v) is 3.72. The Balaban J connectivity index is 1.53. The minimum atomic E-state index is -4.48. The highest BCUT2D eigenvalue weighted by Gasteiger charge is 2.30. The number of pyridine rings is 2. The van der Waals surface area contributed by atoms with Gasteiger partial charge in [0.1, 0.15) is 30.6 Å². The van der Waals surface area contributed by atoms with Crippen molar-refractivity contribution in [2.75, 3.05) is 11.9 Å². The fraction of sp³-hybridized carbons (Fsp3) is 0.269. The molecule has 0 aliphatic carbocycles. The zero-order valence-electron chi connectivity index (χ0n) is 19.8. The lowest BCUT2D eigenvalue weighted by molar-refractivity contribution is -0.139. The van der Waals surface area contributed by atoms with Crippen molar-refractivity contribution in [1.29, 1.82) is 0 Å². The molecular formula is C26H26F3N5O2. The number of aromatic nitrogens is 3. The van der Waals surface area contributed by atoms with Gasteiger partial charge in [-0.3, -0.25) is 9.78 Å². The number of fused-ring (bicyclic) bond motifs is 1. The lowest BCUT2D eigenvalue weighted by atomic mass is 10.0. The zero-order valence-corrected chi connectivity index (χ0v) is 19.8. The molecule has 3 heterocycles. The Kier molecular flexibility index (Phi) is 7.42. The van der Waals surface area contributed by atoms with Gasteiger partial charge < -0.3 is 20.4 Å². The molecule has 4 aromatic rings. The van der Waals surface area contributed by atoms with Crippen molar-refractivity contribution in [2.45, 2.75) is 32.7 Å². The second kappa shape index (κ2) is 10.7. The van der Waals surface area contributed by atoms with Crippen LogP contribution >= 0.6 is 0 Å². The average molecular weight is 498 g/mol. The Morgan fingerprint density at radius 1 is 1.11 bits per heavy atom. The van der Waals surface area contributed by atoms with Gasteiger partial charge in [0.15, 0.2) is 0 Å². The van der Waals surface area contributed by atoms with E-state index < -0.39 is 24.7 Å². The SMILES string of the molecule is CC(C)[C@H](Nc1cncc(-c2c[nH]c3ncc(OCc4ccccc4)cc23)c1)C(=O)NCC(F)(F)F. The first-order valence-corrected chi connectivity index (χ1v) is 11.4. The van der Waals surface area contributed by atoms with E-state index in [1.54, 1.807) is 38.5 Å². The number of amides is 1. The molecular weight excluding hydrogens is 471 g/mol.